The summed E-state index contributed by atoms with van der Waals surface area (Å²) in [7, 11) is 0. The van der Waals surface area contributed by atoms with Crippen molar-refractivity contribution in [1.29, 1.82) is 0 Å². The van der Waals surface area contributed by atoms with Gasteiger partial charge in [-0.15, -0.1) is 11.3 Å². The molecule has 1 aromatic rings. The summed E-state index contributed by atoms with van der Waals surface area (Å²) in [4.78, 5) is 0. The molecule has 0 radical (unpaired) electrons. The Hall–Kier alpha value is -0.0500. The topological polar surface area (TPSA) is 12.0 Å². The van der Waals surface area contributed by atoms with Crippen molar-refractivity contribution in [3.8, 4) is 0 Å². The molecule has 0 spiro atoms. The van der Waals surface area contributed by atoms with E-state index in [0.29, 0.717) is 12.1 Å². The molecule has 1 aliphatic rings. The molecule has 1 N–H and O–H groups in total. The molecule has 1 aliphatic carbocycles. The Balaban J connectivity index is 1.94. The molecule has 0 bridgehead atoms. The van der Waals surface area contributed by atoms with Crippen LogP contribution in [0, 0.1) is 5.92 Å². The van der Waals surface area contributed by atoms with E-state index in [4.69, 9.17) is 11.6 Å². The lowest BCUT2D eigenvalue weighted by Gasteiger charge is -2.33. The Bertz CT molecular complexity index is 350. The van der Waals surface area contributed by atoms with Gasteiger partial charge in [-0.1, -0.05) is 37.8 Å². The third kappa shape index (κ3) is 3.46. The maximum absolute atomic E-state index is 5.99. The first-order valence-electron chi connectivity index (χ1n) is 6.70. The number of rotatable bonds is 4. The van der Waals surface area contributed by atoms with E-state index < -0.39 is 0 Å². The molecular formula is C14H22ClNS. The number of hydrogen-bond acceptors (Lipinski definition) is 2. The van der Waals surface area contributed by atoms with Gasteiger partial charge in [-0.25, -0.2) is 0 Å². The van der Waals surface area contributed by atoms with Gasteiger partial charge in [-0.3, -0.25) is 0 Å². The zero-order valence-corrected chi connectivity index (χ0v) is 12.3. The summed E-state index contributed by atoms with van der Waals surface area (Å²) in [6.07, 6.45) is 6.82. The van der Waals surface area contributed by atoms with Crippen LogP contribution >= 0.6 is 22.9 Å². The van der Waals surface area contributed by atoms with Crippen LogP contribution < -0.4 is 5.32 Å². The maximum Gasteiger partial charge on any atom is 0.0931 e. The first-order chi connectivity index (χ1) is 8.20. The Morgan fingerprint density at radius 1 is 1.47 bits per heavy atom. The molecule has 1 heterocycles. The lowest BCUT2D eigenvalue weighted by Crippen LogP contribution is -2.39. The smallest absolute Gasteiger partial charge is 0.0931 e. The van der Waals surface area contributed by atoms with Gasteiger partial charge in [0.15, 0.2) is 0 Å². The molecule has 2 rings (SSSR count). The zero-order chi connectivity index (χ0) is 12.3. The van der Waals surface area contributed by atoms with Crippen LogP contribution in [-0.4, -0.2) is 6.04 Å². The van der Waals surface area contributed by atoms with Gasteiger partial charge in [0, 0.05) is 12.1 Å². The predicted octanol–water partition coefficient (Wildman–Crippen LogP) is 5.02. The van der Waals surface area contributed by atoms with Crippen molar-refractivity contribution in [1.82, 2.24) is 5.32 Å². The number of thiophene rings is 1. The highest BCUT2D eigenvalue weighted by Gasteiger charge is 2.25. The monoisotopic (exact) mass is 271 g/mol. The summed E-state index contributed by atoms with van der Waals surface area (Å²) in [5, 5.41) is 5.97. The van der Waals surface area contributed by atoms with Crippen LogP contribution in [0.25, 0.3) is 0 Å². The molecule has 1 fully saturated rings. The molecule has 0 amide bonds. The quantitative estimate of drug-likeness (QED) is 0.811. The second-order valence-corrected chi connectivity index (χ2v) is 6.67. The number of nitrogens with one attached hydrogen (secondary N) is 1. The fourth-order valence-electron chi connectivity index (χ4n) is 2.88. The minimum Gasteiger partial charge on any atom is -0.307 e. The van der Waals surface area contributed by atoms with Gasteiger partial charge in [-0.05, 0) is 42.7 Å². The predicted molar refractivity (Wildman–Crippen MR) is 76.9 cm³/mol. The summed E-state index contributed by atoms with van der Waals surface area (Å²) in [6, 6.07) is 3.21. The van der Waals surface area contributed by atoms with Crippen molar-refractivity contribution in [2.75, 3.05) is 0 Å². The van der Waals surface area contributed by atoms with E-state index >= 15 is 0 Å². The molecule has 3 atom stereocenters. The van der Waals surface area contributed by atoms with Crippen molar-refractivity contribution >= 4 is 22.9 Å². The van der Waals surface area contributed by atoms with E-state index in [2.05, 4.69) is 30.6 Å². The molecule has 0 saturated heterocycles. The first kappa shape index (κ1) is 13.4. The van der Waals surface area contributed by atoms with E-state index in [0.717, 1.165) is 10.3 Å². The lowest BCUT2D eigenvalue weighted by atomic mass is 9.82. The van der Waals surface area contributed by atoms with Crippen molar-refractivity contribution in [3.05, 3.63) is 21.3 Å². The van der Waals surface area contributed by atoms with Crippen LogP contribution in [0.1, 0.15) is 57.6 Å². The SMILES string of the molecule is CCC1CCCCC1NC(C)c1csc(Cl)c1. The molecule has 3 heteroatoms. The summed E-state index contributed by atoms with van der Waals surface area (Å²) in [5.74, 6) is 0.861. The molecule has 3 unspecified atom stereocenters. The summed E-state index contributed by atoms with van der Waals surface area (Å²) in [5.41, 5.74) is 1.33. The van der Waals surface area contributed by atoms with Crippen molar-refractivity contribution in [3.63, 3.8) is 0 Å². The average molecular weight is 272 g/mol. The zero-order valence-electron chi connectivity index (χ0n) is 10.7. The molecule has 0 aromatic carbocycles. The van der Waals surface area contributed by atoms with Gasteiger partial charge in [0.2, 0.25) is 0 Å². The van der Waals surface area contributed by atoms with Gasteiger partial charge in [0.05, 0.1) is 4.34 Å². The lowest BCUT2D eigenvalue weighted by molar-refractivity contribution is 0.241. The molecule has 17 heavy (non-hydrogen) atoms. The van der Waals surface area contributed by atoms with Gasteiger partial charge in [0.25, 0.3) is 0 Å². The van der Waals surface area contributed by atoms with Gasteiger partial charge >= 0.3 is 0 Å². The number of hydrogen-bond donors (Lipinski definition) is 1. The molecule has 0 aliphatic heterocycles. The van der Waals surface area contributed by atoms with Crippen LogP contribution in [0.3, 0.4) is 0 Å². The third-order valence-electron chi connectivity index (χ3n) is 3.99. The summed E-state index contributed by atoms with van der Waals surface area (Å²) < 4.78 is 0.893. The molecule has 1 nitrogen and oxygen atoms in total. The maximum atomic E-state index is 5.99. The van der Waals surface area contributed by atoms with Crippen molar-refractivity contribution in [2.24, 2.45) is 5.92 Å². The highest BCUT2D eigenvalue weighted by Crippen LogP contribution is 2.30. The second-order valence-electron chi connectivity index (χ2n) is 5.13. The minimum absolute atomic E-state index is 0.427. The highest BCUT2D eigenvalue weighted by molar-refractivity contribution is 7.14. The van der Waals surface area contributed by atoms with E-state index in [1.165, 1.54) is 37.7 Å². The fourth-order valence-corrected chi connectivity index (χ4v) is 3.87. The highest BCUT2D eigenvalue weighted by atomic mass is 35.5. The minimum atomic E-state index is 0.427. The number of halogens is 1. The van der Waals surface area contributed by atoms with E-state index in [1.54, 1.807) is 11.3 Å². The van der Waals surface area contributed by atoms with Crippen molar-refractivity contribution in [2.45, 2.75) is 58.0 Å². The fraction of sp³-hybridized carbons (Fsp3) is 0.714. The normalized spacial score (nSPS) is 27.0. The van der Waals surface area contributed by atoms with Crippen LogP contribution in [-0.2, 0) is 0 Å². The molecule has 96 valence electrons. The summed E-state index contributed by atoms with van der Waals surface area (Å²) >= 11 is 7.62. The molecular weight excluding hydrogens is 250 g/mol. The average Bonchev–Trinajstić information content (AvgIpc) is 2.77. The van der Waals surface area contributed by atoms with Gasteiger partial charge in [0.1, 0.15) is 0 Å². The Labute approximate surface area is 114 Å². The molecule has 1 aromatic heterocycles. The standard InChI is InChI=1S/C14H22ClNS/c1-3-11-6-4-5-7-13(11)16-10(2)12-8-14(15)17-9-12/h8-11,13,16H,3-7H2,1-2H3. The van der Waals surface area contributed by atoms with Crippen LogP contribution in [0.15, 0.2) is 11.4 Å². The third-order valence-corrected chi connectivity index (χ3v) is 5.09. The van der Waals surface area contributed by atoms with Crippen LogP contribution in [0.5, 0.6) is 0 Å². The Morgan fingerprint density at radius 3 is 2.88 bits per heavy atom. The van der Waals surface area contributed by atoms with E-state index in [1.807, 2.05) is 0 Å². The van der Waals surface area contributed by atoms with E-state index in [-0.39, 0.29) is 0 Å². The molecule has 1 saturated carbocycles. The van der Waals surface area contributed by atoms with Gasteiger partial charge < -0.3 is 5.32 Å². The van der Waals surface area contributed by atoms with Crippen molar-refractivity contribution < 1.29 is 0 Å². The van der Waals surface area contributed by atoms with E-state index in [9.17, 15) is 0 Å². The summed E-state index contributed by atoms with van der Waals surface area (Å²) in [6.45, 7) is 4.57. The Kier molecular flexibility index (Phi) is 4.89. The first-order valence-corrected chi connectivity index (χ1v) is 7.96. The largest absolute Gasteiger partial charge is 0.307 e. The Morgan fingerprint density at radius 2 is 2.24 bits per heavy atom. The van der Waals surface area contributed by atoms with Gasteiger partial charge in [-0.2, -0.15) is 0 Å². The van der Waals surface area contributed by atoms with Crippen LogP contribution in [0.4, 0.5) is 0 Å². The second kappa shape index (κ2) is 6.21. The van der Waals surface area contributed by atoms with Crippen LogP contribution in [0.2, 0.25) is 4.34 Å².